The predicted molar refractivity (Wildman–Crippen MR) is 65.6 cm³/mol. The Labute approximate surface area is 109 Å². The Morgan fingerprint density at radius 3 is 2.37 bits per heavy atom. The van der Waals surface area contributed by atoms with E-state index in [9.17, 15) is 18.0 Å². The fourth-order valence-electron chi connectivity index (χ4n) is 1.64. The number of alkyl halides is 3. The quantitative estimate of drug-likeness (QED) is 0.865. The molecule has 1 aliphatic carbocycles. The molecule has 2 rings (SSSR count). The van der Waals surface area contributed by atoms with Crippen LogP contribution < -0.4 is 10.6 Å². The first kappa shape index (κ1) is 13.9. The van der Waals surface area contributed by atoms with E-state index in [-0.39, 0.29) is 0 Å². The van der Waals surface area contributed by atoms with E-state index in [4.69, 9.17) is 0 Å². The molecule has 1 fully saturated rings. The lowest BCUT2D eigenvalue weighted by Crippen LogP contribution is -2.21. The Kier molecular flexibility index (Phi) is 4.09. The zero-order valence-corrected chi connectivity index (χ0v) is 10.3. The summed E-state index contributed by atoms with van der Waals surface area (Å²) in [6.45, 7) is 0.738. The molecule has 2 N–H and O–H groups in total. The van der Waals surface area contributed by atoms with Gasteiger partial charge in [-0.1, -0.05) is 12.1 Å². The molecule has 1 aromatic rings. The summed E-state index contributed by atoms with van der Waals surface area (Å²) in [6, 6.07) is 7.40. The van der Waals surface area contributed by atoms with Crippen LogP contribution in [0.4, 0.5) is 18.9 Å². The average Bonchev–Trinajstić information content (AvgIpc) is 3.09. The fourth-order valence-corrected chi connectivity index (χ4v) is 1.64. The molecule has 1 aliphatic rings. The van der Waals surface area contributed by atoms with Crippen molar-refractivity contribution in [3.05, 3.63) is 29.8 Å². The molecule has 0 heterocycles. The Morgan fingerprint density at radius 1 is 1.21 bits per heavy atom. The molecule has 0 atom stereocenters. The minimum atomic E-state index is -4.47. The molecule has 0 unspecified atom stereocenters. The number of hydrogen-bond acceptors (Lipinski definition) is 2. The molecular weight excluding hydrogens is 257 g/mol. The zero-order chi connectivity index (χ0) is 13.9. The van der Waals surface area contributed by atoms with Crippen molar-refractivity contribution >= 4 is 11.6 Å². The Balaban J connectivity index is 1.81. The molecule has 0 spiro atoms. The Hall–Kier alpha value is -1.56. The van der Waals surface area contributed by atoms with Gasteiger partial charge in [0, 0.05) is 18.3 Å². The molecule has 1 amide bonds. The summed E-state index contributed by atoms with van der Waals surface area (Å²) >= 11 is 0. The summed E-state index contributed by atoms with van der Waals surface area (Å²) < 4.78 is 36.0. The van der Waals surface area contributed by atoms with Crippen LogP contribution in [0.25, 0.3) is 0 Å². The van der Waals surface area contributed by atoms with Gasteiger partial charge in [-0.05, 0) is 30.5 Å². The van der Waals surface area contributed by atoms with Crippen LogP contribution in [0.3, 0.4) is 0 Å². The van der Waals surface area contributed by atoms with Gasteiger partial charge in [0.25, 0.3) is 0 Å². The molecule has 6 heteroatoms. The maximum Gasteiger partial charge on any atom is 0.397 e. The molecule has 104 valence electrons. The van der Waals surface area contributed by atoms with E-state index in [0.717, 1.165) is 12.1 Å². The Bertz CT molecular complexity index is 438. The second-order valence-corrected chi connectivity index (χ2v) is 4.69. The van der Waals surface area contributed by atoms with Gasteiger partial charge in [-0.15, -0.1) is 0 Å². The van der Waals surface area contributed by atoms with E-state index >= 15 is 0 Å². The molecule has 0 aliphatic heterocycles. The van der Waals surface area contributed by atoms with Gasteiger partial charge in [0.05, 0.1) is 0 Å². The number of hydrogen-bond donors (Lipinski definition) is 2. The molecule has 0 radical (unpaired) electrons. The van der Waals surface area contributed by atoms with Gasteiger partial charge in [-0.3, -0.25) is 4.79 Å². The summed E-state index contributed by atoms with van der Waals surface area (Å²) in [4.78, 5) is 11.1. The number of benzene rings is 1. The molecule has 1 saturated carbocycles. The van der Waals surface area contributed by atoms with Gasteiger partial charge < -0.3 is 10.6 Å². The lowest BCUT2D eigenvalue weighted by atomic mass is 10.2. The van der Waals surface area contributed by atoms with Crippen LogP contribution in [0.15, 0.2) is 24.3 Å². The van der Waals surface area contributed by atoms with Crippen LogP contribution in [-0.4, -0.2) is 18.1 Å². The summed E-state index contributed by atoms with van der Waals surface area (Å²) in [5.41, 5.74) is 1.42. The van der Waals surface area contributed by atoms with E-state index in [1.165, 1.54) is 12.8 Å². The second-order valence-electron chi connectivity index (χ2n) is 4.69. The number of carbonyl (C=O) groups is 1. The molecule has 3 nitrogen and oxygen atoms in total. The SMILES string of the molecule is O=C(CC(F)(F)F)Nc1ccc(CNC2CC2)cc1. The van der Waals surface area contributed by atoms with Crippen LogP contribution in [-0.2, 0) is 11.3 Å². The monoisotopic (exact) mass is 272 g/mol. The maximum absolute atomic E-state index is 12.0. The van der Waals surface area contributed by atoms with E-state index in [0.29, 0.717) is 11.7 Å². The van der Waals surface area contributed by atoms with Crippen LogP contribution in [0.2, 0.25) is 0 Å². The number of carbonyl (C=O) groups excluding carboxylic acids is 1. The first-order valence-corrected chi connectivity index (χ1v) is 6.11. The summed E-state index contributed by atoms with van der Waals surface area (Å²) in [7, 11) is 0. The highest BCUT2D eigenvalue weighted by Crippen LogP contribution is 2.21. The largest absolute Gasteiger partial charge is 0.397 e. The van der Waals surface area contributed by atoms with Crippen molar-refractivity contribution in [2.45, 2.75) is 38.0 Å². The van der Waals surface area contributed by atoms with Gasteiger partial charge in [0.1, 0.15) is 6.42 Å². The van der Waals surface area contributed by atoms with Crippen LogP contribution >= 0.6 is 0 Å². The zero-order valence-electron chi connectivity index (χ0n) is 10.3. The van der Waals surface area contributed by atoms with Crippen molar-refractivity contribution in [2.24, 2.45) is 0 Å². The van der Waals surface area contributed by atoms with Crippen molar-refractivity contribution in [3.8, 4) is 0 Å². The van der Waals surface area contributed by atoms with Crippen LogP contribution in [0, 0.1) is 0 Å². The predicted octanol–water partition coefficient (Wildman–Crippen LogP) is 2.83. The van der Waals surface area contributed by atoms with Crippen molar-refractivity contribution < 1.29 is 18.0 Å². The van der Waals surface area contributed by atoms with Gasteiger partial charge in [0.2, 0.25) is 5.91 Å². The highest BCUT2D eigenvalue weighted by atomic mass is 19.4. The third kappa shape index (κ3) is 5.30. The van der Waals surface area contributed by atoms with Crippen LogP contribution in [0.5, 0.6) is 0 Å². The third-order valence-corrected chi connectivity index (χ3v) is 2.77. The molecule has 0 bridgehead atoms. The number of rotatable bonds is 5. The number of halogens is 3. The van der Waals surface area contributed by atoms with E-state index in [2.05, 4.69) is 10.6 Å². The fraction of sp³-hybridized carbons (Fsp3) is 0.462. The van der Waals surface area contributed by atoms with Crippen molar-refractivity contribution in [3.63, 3.8) is 0 Å². The standard InChI is InChI=1S/C13H15F3N2O/c14-13(15,16)7-12(19)18-11-3-1-9(2-4-11)8-17-10-5-6-10/h1-4,10,17H,5-8H2,(H,18,19). The topological polar surface area (TPSA) is 41.1 Å². The third-order valence-electron chi connectivity index (χ3n) is 2.77. The molecular formula is C13H15F3N2O. The minimum absolute atomic E-state index is 0.379. The lowest BCUT2D eigenvalue weighted by Gasteiger charge is -2.08. The first-order valence-electron chi connectivity index (χ1n) is 6.11. The summed E-state index contributed by atoms with van der Waals surface area (Å²) in [5, 5.41) is 5.55. The van der Waals surface area contributed by atoms with Gasteiger partial charge in [-0.25, -0.2) is 0 Å². The average molecular weight is 272 g/mol. The molecule has 19 heavy (non-hydrogen) atoms. The number of anilines is 1. The highest BCUT2D eigenvalue weighted by molar-refractivity contribution is 5.91. The first-order chi connectivity index (χ1) is 8.92. The van der Waals surface area contributed by atoms with Gasteiger partial charge >= 0.3 is 6.18 Å². The summed E-state index contributed by atoms with van der Waals surface area (Å²) in [6.07, 6.45) is -3.53. The lowest BCUT2D eigenvalue weighted by molar-refractivity contribution is -0.150. The maximum atomic E-state index is 12.0. The van der Waals surface area contributed by atoms with E-state index in [1.807, 2.05) is 0 Å². The van der Waals surface area contributed by atoms with E-state index in [1.54, 1.807) is 24.3 Å². The molecule has 1 aromatic carbocycles. The number of nitrogens with one attached hydrogen (secondary N) is 2. The molecule has 0 saturated heterocycles. The smallest absolute Gasteiger partial charge is 0.326 e. The normalized spacial score (nSPS) is 15.3. The van der Waals surface area contributed by atoms with Crippen molar-refractivity contribution in [1.29, 1.82) is 0 Å². The van der Waals surface area contributed by atoms with Crippen LogP contribution in [0.1, 0.15) is 24.8 Å². The minimum Gasteiger partial charge on any atom is -0.326 e. The molecule has 0 aromatic heterocycles. The van der Waals surface area contributed by atoms with Gasteiger partial charge in [-0.2, -0.15) is 13.2 Å². The summed E-state index contributed by atoms with van der Waals surface area (Å²) in [5.74, 6) is -1.05. The highest BCUT2D eigenvalue weighted by Gasteiger charge is 2.31. The Morgan fingerprint density at radius 2 is 1.84 bits per heavy atom. The number of amides is 1. The van der Waals surface area contributed by atoms with Crippen molar-refractivity contribution in [2.75, 3.05) is 5.32 Å². The van der Waals surface area contributed by atoms with Crippen molar-refractivity contribution in [1.82, 2.24) is 5.32 Å². The van der Waals surface area contributed by atoms with E-state index < -0.39 is 18.5 Å². The second kappa shape index (κ2) is 5.61. The van der Waals surface area contributed by atoms with Gasteiger partial charge in [0.15, 0.2) is 0 Å².